The van der Waals surface area contributed by atoms with Crippen molar-refractivity contribution in [3.63, 3.8) is 0 Å². The Hall–Kier alpha value is -0.0503. The molecule has 12 heteroatoms. The maximum Gasteiger partial charge on any atom is 0.524 e. The molecular formula is C24H36CaO8P2S. The van der Waals surface area contributed by atoms with Gasteiger partial charge in [-0.2, -0.15) is 0 Å². The van der Waals surface area contributed by atoms with Gasteiger partial charge in [0.1, 0.15) is 11.5 Å². The summed E-state index contributed by atoms with van der Waals surface area (Å²) in [6.07, 6.45) is 1.34. The molecule has 0 amide bonds. The van der Waals surface area contributed by atoms with Crippen molar-refractivity contribution < 1.29 is 37.8 Å². The minimum Gasteiger partial charge on any atom is -0.403 e. The summed E-state index contributed by atoms with van der Waals surface area (Å²) in [5, 5.41) is 0. The number of hydrogen-bond acceptors (Lipinski definition) is 5. The van der Waals surface area contributed by atoms with Gasteiger partial charge in [0, 0.05) is 48.9 Å². The second kappa shape index (κ2) is 12.4. The SMILES string of the molecule is CCc1cc(Sc2cc(CC)cc(C(C)(C)C)c2OP(=O)(O)O)c(OP(=O)(O)O)c(C(C)(C)C)c1.[Ca]. The first kappa shape index (κ1) is 34.0. The number of benzene rings is 2. The Morgan fingerprint density at radius 3 is 1.22 bits per heavy atom. The molecule has 0 heterocycles. The molecule has 0 fully saturated rings. The van der Waals surface area contributed by atoms with Gasteiger partial charge < -0.3 is 9.05 Å². The summed E-state index contributed by atoms with van der Waals surface area (Å²) in [7, 11) is -9.81. The van der Waals surface area contributed by atoms with E-state index in [-0.39, 0.29) is 49.2 Å². The summed E-state index contributed by atoms with van der Waals surface area (Å²) in [6.45, 7) is 15.4. The van der Waals surface area contributed by atoms with Crippen molar-refractivity contribution in [2.75, 3.05) is 0 Å². The molecule has 4 N–H and O–H groups in total. The van der Waals surface area contributed by atoms with E-state index < -0.39 is 26.5 Å². The number of phosphoric acid groups is 2. The van der Waals surface area contributed by atoms with E-state index in [4.69, 9.17) is 9.05 Å². The summed E-state index contributed by atoms with van der Waals surface area (Å²) >= 11 is 1.11. The molecule has 0 aromatic heterocycles. The molecule has 0 bridgehead atoms. The third kappa shape index (κ3) is 9.60. The number of phosphoric ester groups is 2. The quantitative estimate of drug-likeness (QED) is 0.213. The van der Waals surface area contributed by atoms with Gasteiger partial charge in [-0.3, -0.25) is 19.6 Å². The Labute approximate surface area is 248 Å². The van der Waals surface area contributed by atoms with Crippen LogP contribution in [0.1, 0.15) is 77.6 Å². The van der Waals surface area contributed by atoms with Crippen LogP contribution in [0.5, 0.6) is 11.5 Å². The Morgan fingerprint density at radius 2 is 1.00 bits per heavy atom. The summed E-state index contributed by atoms with van der Waals surface area (Å²) in [5.74, 6) is 0.0729. The van der Waals surface area contributed by atoms with Gasteiger partial charge in [0.25, 0.3) is 0 Å². The van der Waals surface area contributed by atoms with Crippen molar-refractivity contribution >= 4 is 65.1 Å². The van der Waals surface area contributed by atoms with Crippen LogP contribution in [0.15, 0.2) is 34.1 Å². The second-order valence-corrected chi connectivity index (χ2v) is 13.8. The molecule has 0 aliphatic rings. The van der Waals surface area contributed by atoms with Crippen molar-refractivity contribution in [2.24, 2.45) is 0 Å². The van der Waals surface area contributed by atoms with Crippen LogP contribution in [0, 0.1) is 0 Å². The van der Waals surface area contributed by atoms with Crippen LogP contribution in [0.2, 0.25) is 0 Å². The Kier molecular flexibility index (Phi) is 11.7. The van der Waals surface area contributed by atoms with E-state index in [1.807, 2.05) is 67.5 Å². The minimum atomic E-state index is -4.91. The average Bonchev–Trinajstić information content (AvgIpc) is 2.66. The standard InChI is InChI=1S/C24H36O8P2S.Ca/c1-9-15-11-17(23(3,4)5)21(31-33(25,26)27)19(13-15)35-20-14-16(10-2)12-18(24(6,7)8)22(20)32-34(28,29)30;/h11-14H,9-10H2,1-8H3,(H2,25,26,27)(H2,28,29,30);. The van der Waals surface area contributed by atoms with Gasteiger partial charge in [-0.05, 0) is 46.9 Å². The van der Waals surface area contributed by atoms with Crippen molar-refractivity contribution in [1.82, 2.24) is 0 Å². The van der Waals surface area contributed by atoms with Gasteiger partial charge in [-0.25, -0.2) is 9.13 Å². The molecule has 2 aromatic rings. The normalized spacial score (nSPS) is 12.8. The molecule has 2 rings (SSSR count). The molecule has 0 saturated heterocycles. The van der Waals surface area contributed by atoms with E-state index >= 15 is 0 Å². The molecule has 0 aliphatic carbocycles. The zero-order valence-corrected chi connectivity index (χ0v) is 27.0. The predicted molar refractivity (Wildman–Crippen MR) is 144 cm³/mol. The summed E-state index contributed by atoms with van der Waals surface area (Å²) in [5.41, 5.74) is 2.08. The Morgan fingerprint density at radius 1 is 0.694 bits per heavy atom. The van der Waals surface area contributed by atoms with E-state index in [0.717, 1.165) is 22.9 Å². The fourth-order valence-electron chi connectivity index (χ4n) is 3.54. The maximum absolute atomic E-state index is 11.9. The van der Waals surface area contributed by atoms with Crippen molar-refractivity contribution in [1.29, 1.82) is 0 Å². The molecule has 0 spiro atoms. The predicted octanol–water partition coefficient (Wildman–Crippen LogP) is 6.12. The molecule has 0 saturated carbocycles. The van der Waals surface area contributed by atoms with Crippen LogP contribution in [0.4, 0.5) is 0 Å². The molecule has 0 atom stereocenters. The van der Waals surface area contributed by atoms with E-state index in [0.29, 0.717) is 33.8 Å². The van der Waals surface area contributed by atoms with E-state index in [1.165, 1.54) is 0 Å². The zero-order chi connectivity index (χ0) is 27.0. The molecule has 198 valence electrons. The fourth-order valence-corrected chi connectivity index (χ4v) is 5.68. The Balaban J connectivity index is 0.00000648. The summed E-state index contributed by atoms with van der Waals surface area (Å²) < 4.78 is 34.2. The largest absolute Gasteiger partial charge is 0.524 e. The van der Waals surface area contributed by atoms with Gasteiger partial charge in [-0.15, -0.1) is 0 Å². The second-order valence-electron chi connectivity index (χ2n) is 10.4. The van der Waals surface area contributed by atoms with Gasteiger partial charge >= 0.3 is 15.6 Å². The number of aryl methyl sites for hydroxylation is 2. The van der Waals surface area contributed by atoms with Crippen LogP contribution in [-0.4, -0.2) is 57.3 Å². The molecule has 8 nitrogen and oxygen atoms in total. The molecule has 36 heavy (non-hydrogen) atoms. The van der Waals surface area contributed by atoms with Gasteiger partial charge in [0.15, 0.2) is 0 Å². The summed E-state index contributed by atoms with van der Waals surface area (Å²) in [6, 6.07) is 7.29. The van der Waals surface area contributed by atoms with Gasteiger partial charge in [0.2, 0.25) is 0 Å². The number of hydrogen-bond donors (Lipinski definition) is 4. The van der Waals surface area contributed by atoms with E-state index in [9.17, 15) is 28.7 Å². The average molecular weight is 587 g/mol. The number of rotatable bonds is 8. The van der Waals surface area contributed by atoms with Crippen LogP contribution >= 0.6 is 27.4 Å². The van der Waals surface area contributed by atoms with Gasteiger partial charge in [-0.1, -0.05) is 79.3 Å². The van der Waals surface area contributed by atoms with Crippen molar-refractivity contribution in [3.05, 3.63) is 46.5 Å². The van der Waals surface area contributed by atoms with E-state index in [2.05, 4.69) is 0 Å². The topological polar surface area (TPSA) is 134 Å². The molecule has 2 aromatic carbocycles. The van der Waals surface area contributed by atoms with Gasteiger partial charge in [0.05, 0.1) is 9.79 Å². The van der Waals surface area contributed by atoms with Crippen LogP contribution in [0.3, 0.4) is 0 Å². The molecular weight excluding hydrogens is 550 g/mol. The fraction of sp³-hybridized carbons (Fsp3) is 0.500. The smallest absolute Gasteiger partial charge is 0.403 e. The van der Waals surface area contributed by atoms with Crippen LogP contribution < -0.4 is 9.05 Å². The third-order valence-electron chi connectivity index (χ3n) is 5.30. The first-order valence-corrected chi connectivity index (χ1v) is 15.2. The van der Waals surface area contributed by atoms with Crippen LogP contribution in [-0.2, 0) is 32.8 Å². The molecule has 0 unspecified atom stereocenters. The molecule has 0 aliphatic heterocycles. The van der Waals surface area contributed by atoms with Crippen molar-refractivity contribution in [2.45, 2.75) is 88.9 Å². The first-order chi connectivity index (χ1) is 15.7. The zero-order valence-electron chi connectivity index (χ0n) is 22.2. The monoisotopic (exact) mass is 586 g/mol. The maximum atomic E-state index is 11.9. The Bertz CT molecular complexity index is 1080. The van der Waals surface area contributed by atoms with E-state index in [1.54, 1.807) is 12.1 Å². The minimum absolute atomic E-state index is 0. The summed E-state index contributed by atoms with van der Waals surface area (Å²) in [4.78, 5) is 39.5. The van der Waals surface area contributed by atoms with Crippen LogP contribution in [0.25, 0.3) is 0 Å². The third-order valence-corrected chi connectivity index (χ3v) is 7.19. The van der Waals surface area contributed by atoms with Crippen molar-refractivity contribution in [3.8, 4) is 11.5 Å². The first-order valence-electron chi connectivity index (χ1n) is 11.3. The molecule has 2 radical (unpaired) electrons.